The Morgan fingerprint density at radius 1 is 1.21 bits per heavy atom. The van der Waals surface area contributed by atoms with Gasteiger partial charge in [0.2, 0.25) is 0 Å². The molecule has 1 aliphatic heterocycles. The Hall–Kier alpha value is -2.74. The van der Waals surface area contributed by atoms with Crippen molar-refractivity contribution in [1.29, 1.82) is 0 Å². The van der Waals surface area contributed by atoms with E-state index in [9.17, 15) is 9.59 Å². The monoisotopic (exact) mass is 480 g/mol. The number of halogens is 1. The van der Waals surface area contributed by atoms with Gasteiger partial charge in [-0.15, -0.1) is 11.3 Å². The molecule has 0 radical (unpaired) electrons. The first-order chi connectivity index (χ1) is 15.9. The number of hydrogen-bond donors (Lipinski definition) is 1. The molecule has 0 spiro atoms. The van der Waals surface area contributed by atoms with Crippen LogP contribution in [0.15, 0.2) is 50.8 Å². The second-order valence-corrected chi connectivity index (χ2v) is 10.1. The SMILES string of the molecule is Cc1cccc(C(C)C)c1-n1c(=O)c(=O)n(CC2CNC2)c2cc(Cl)cc(-c3cscn3)c21. The van der Waals surface area contributed by atoms with E-state index in [0.29, 0.717) is 28.5 Å². The van der Waals surface area contributed by atoms with Gasteiger partial charge in [-0.3, -0.25) is 14.2 Å². The fourth-order valence-electron chi connectivity index (χ4n) is 4.57. The third-order valence-electron chi connectivity index (χ3n) is 6.33. The second-order valence-electron chi connectivity index (χ2n) is 8.94. The molecule has 1 N–H and O–H groups in total. The minimum Gasteiger partial charge on any atom is -0.316 e. The van der Waals surface area contributed by atoms with Gasteiger partial charge in [-0.1, -0.05) is 43.6 Å². The zero-order valence-corrected chi connectivity index (χ0v) is 20.3. The lowest BCUT2D eigenvalue weighted by atomic mass is 9.97. The molecule has 0 aliphatic carbocycles. The van der Waals surface area contributed by atoms with E-state index in [-0.39, 0.29) is 5.92 Å². The molecule has 0 atom stereocenters. The molecule has 33 heavy (non-hydrogen) atoms. The van der Waals surface area contributed by atoms with Crippen molar-refractivity contribution < 1.29 is 0 Å². The highest BCUT2D eigenvalue weighted by molar-refractivity contribution is 7.07. The first-order valence-electron chi connectivity index (χ1n) is 11.0. The summed E-state index contributed by atoms with van der Waals surface area (Å²) >= 11 is 8.04. The maximum absolute atomic E-state index is 13.8. The normalized spacial score (nSPS) is 14.2. The van der Waals surface area contributed by atoms with Gasteiger partial charge < -0.3 is 9.88 Å². The summed E-state index contributed by atoms with van der Waals surface area (Å²) in [4.78, 5) is 31.8. The van der Waals surface area contributed by atoms with Crippen LogP contribution in [0.3, 0.4) is 0 Å². The third kappa shape index (κ3) is 3.74. The molecule has 2 aromatic heterocycles. The number of aryl methyl sites for hydroxylation is 1. The Bertz CT molecular complexity index is 1470. The molecule has 1 fully saturated rings. The van der Waals surface area contributed by atoms with E-state index < -0.39 is 11.1 Å². The molecule has 5 rings (SSSR count). The first-order valence-corrected chi connectivity index (χ1v) is 12.4. The summed E-state index contributed by atoms with van der Waals surface area (Å²) in [6, 6.07) is 9.62. The zero-order chi connectivity index (χ0) is 23.3. The van der Waals surface area contributed by atoms with Crippen LogP contribution in [0.25, 0.3) is 28.0 Å². The number of aromatic nitrogens is 3. The van der Waals surface area contributed by atoms with E-state index in [1.807, 2.05) is 36.6 Å². The number of fused-ring (bicyclic) bond motifs is 1. The molecule has 4 aromatic rings. The number of hydrogen-bond acceptors (Lipinski definition) is 5. The number of para-hydroxylation sites is 1. The van der Waals surface area contributed by atoms with Gasteiger partial charge in [0, 0.05) is 41.5 Å². The molecule has 0 bridgehead atoms. The first kappa shape index (κ1) is 22.1. The van der Waals surface area contributed by atoms with Crippen molar-refractivity contribution in [2.24, 2.45) is 5.92 Å². The van der Waals surface area contributed by atoms with Gasteiger partial charge in [-0.25, -0.2) is 4.98 Å². The van der Waals surface area contributed by atoms with E-state index in [0.717, 1.165) is 41.2 Å². The Balaban J connectivity index is 1.98. The molecule has 2 aromatic carbocycles. The molecule has 3 heterocycles. The van der Waals surface area contributed by atoms with E-state index in [1.54, 1.807) is 20.7 Å². The van der Waals surface area contributed by atoms with E-state index in [2.05, 4.69) is 24.1 Å². The van der Waals surface area contributed by atoms with Crippen molar-refractivity contribution >= 4 is 34.0 Å². The predicted molar refractivity (Wildman–Crippen MR) is 135 cm³/mol. The third-order valence-corrected chi connectivity index (χ3v) is 7.13. The Morgan fingerprint density at radius 2 is 2.00 bits per heavy atom. The van der Waals surface area contributed by atoms with Crippen molar-refractivity contribution in [2.75, 3.05) is 13.1 Å². The summed E-state index contributed by atoms with van der Waals surface area (Å²) in [7, 11) is 0. The van der Waals surface area contributed by atoms with Crippen molar-refractivity contribution in [2.45, 2.75) is 33.2 Å². The number of benzene rings is 2. The minimum absolute atomic E-state index is 0.167. The Kier molecular flexibility index (Phi) is 5.72. The van der Waals surface area contributed by atoms with Crippen molar-refractivity contribution in [3.05, 3.63) is 78.1 Å². The maximum atomic E-state index is 13.8. The van der Waals surface area contributed by atoms with Crippen LogP contribution in [0, 0.1) is 12.8 Å². The van der Waals surface area contributed by atoms with Crippen LogP contribution in [0.2, 0.25) is 5.02 Å². The lowest BCUT2D eigenvalue weighted by Crippen LogP contribution is -2.48. The highest BCUT2D eigenvalue weighted by Gasteiger charge is 2.25. The molecule has 1 saturated heterocycles. The largest absolute Gasteiger partial charge is 0.321 e. The molecule has 0 amide bonds. The molecule has 0 saturated carbocycles. The molecule has 8 heteroatoms. The highest BCUT2D eigenvalue weighted by atomic mass is 35.5. The summed E-state index contributed by atoms with van der Waals surface area (Å²) in [6.07, 6.45) is 0. The maximum Gasteiger partial charge on any atom is 0.321 e. The quantitative estimate of drug-likeness (QED) is 0.424. The summed E-state index contributed by atoms with van der Waals surface area (Å²) < 4.78 is 3.21. The molecular weight excluding hydrogens is 456 g/mol. The standard InChI is InChI=1S/C25H25ClN4O2S/c1-14(2)18-6-4-5-15(3)22(18)30-23-19(20-12-33-13-28-20)7-17(26)8-21(23)29(24(31)25(30)32)11-16-9-27-10-16/h4-8,12-14,16,27H,9-11H2,1-3H3. The van der Waals surface area contributed by atoms with Gasteiger partial charge in [-0.05, 0) is 36.1 Å². The van der Waals surface area contributed by atoms with E-state index in [4.69, 9.17) is 11.6 Å². The van der Waals surface area contributed by atoms with Crippen LogP contribution in [0.1, 0.15) is 30.9 Å². The number of rotatable bonds is 5. The Morgan fingerprint density at radius 3 is 2.64 bits per heavy atom. The highest BCUT2D eigenvalue weighted by Crippen LogP contribution is 2.35. The lowest BCUT2D eigenvalue weighted by Gasteiger charge is -2.29. The summed E-state index contributed by atoms with van der Waals surface area (Å²) in [5.74, 6) is 0.466. The van der Waals surface area contributed by atoms with Gasteiger partial charge in [0.1, 0.15) is 0 Å². The topological polar surface area (TPSA) is 68.9 Å². The summed E-state index contributed by atoms with van der Waals surface area (Å²) in [5.41, 5.74) is 6.18. The van der Waals surface area contributed by atoms with Crippen LogP contribution >= 0.6 is 22.9 Å². The van der Waals surface area contributed by atoms with Gasteiger partial charge in [0.05, 0.1) is 27.9 Å². The number of nitrogens with one attached hydrogen (secondary N) is 1. The molecule has 6 nitrogen and oxygen atoms in total. The van der Waals surface area contributed by atoms with Gasteiger partial charge >= 0.3 is 11.1 Å². The van der Waals surface area contributed by atoms with Gasteiger partial charge in [0.15, 0.2) is 0 Å². The molecule has 170 valence electrons. The fraction of sp³-hybridized carbons (Fsp3) is 0.320. The molecular formula is C25H25ClN4O2S. The van der Waals surface area contributed by atoms with E-state index in [1.165, 1.54) is 11.3 Å². The van der Waals surface area contributed by atoms with E-state index >= 15 is 0 Å². The predicted octanol–water partition coefficient (Wildman–Crippen LogP) is 4.58. The van der Waals surface area contributed by atoms with Crippen LogP contribution in [-0.2, 0) is 6.54 Å². The van der Waals surface area contributed by atoms with Gasteiger partial charge in [0.25, 0.3) is 0 Å². The smallest absolute Gasteiger partial charge is 0.316 e. The average Bonchev–Trinajstić information content (AvgIpc) is 3.28. The van der Waals surface area contributed by atoms with Crippen molar-refractivity contribution in [3.8, 4) is 16.9 Å². The van der Waals surface area contributed by atoms with Crippen molar-refractivity contribution in [1.82, 2.24) is 19.4 Å². The summed E-state index contributed by atoms with van der Waals surface area (Å²) in [5, 5.41) is 5.68. The zero-order valence-electron chi connectivity index (χ0n) is 18.8. The lowest BCUT2D eigenvalue weighted by molar-refractivity contribution is 0.306. The van der Waals surface area contributed by atoms with Crippen molar-refractivity contribution in [3.63, 3.8) is 0 Å². The van der Waals surface area contributed by atoms with Crippen LogP contribution in [-0.4, -0.2) is 27.2 Å². The van der Waals surface area contributed by atoms with Gasteiger partial charge in [-0.2, -0.15) is 0 Å². The summed E-state index contributed by atoms with van der Waals surface area (Å²) in [6.45, 7) is 8.28. The Labute approximate surface area is 200 Å². The fourth-order valence-corrected chi connectivity index (χ4v) is 5.34. The number of nitrogens with zero attached hydrogens (tertiary/aromatic N) is 3. The molecule has 0 unspecified atom stereocenters. The van der Waals surface area contributed by atoms with Crippen LogP contribution < -0.4 is 16.4 Å². The van der Waals surface area contributed by atoms with Crippen LogP contribution in [0.5, 0.6) is 0 Å². The average molecular weight is 481 g/mol. The van der Waals surface area contributed by atoms with Crippen LogP contribution in [0.4, 0.5) is 0 Å². The second kappa shape index (κ2) is 8.56. The minimum atomic E-state index is -0.551. The molecule has 1 aliphatic rings. The number of thiazole rings is 1.